The monoisotopic (exact) mass is 406 g/mol. The van der Waals surface area contributed by atoms with Crippen molar-refractivity contribution >= 4 is 34.1 Å². The Bertz CT molecular complexity index is 1050. The summed E-state index contributed by atoms with van der Waals surface area (Å²) in [4.78, 5) is 54.7. The number of thiazole rings is 1. The van der Waals surface area contributed by atoms with Gasteiger partial charge in [0.25, 0.3) is 11.5 Å². The predicted molar refractivity (Wildman–Crippen MR) is 97.4 cm³/mol. The largest absolute Gasteiger partial charge is 0.492 e. The smallest absolute Gasteiger partial charge is 0.322 e. The van der Waals surface area contributed by atoms with Gasteiger partial charge in [0.15, 0.2) is 5.56 Å². The molecule has 28 heavy (non-hydrogen) atoms. The molecule has 148 valence electrons. The van der Waals surface area contributed by atoms with Crippen molar-refractivity contribution < 1.29 is 24.6 Å². The Morgan fingerprint density at radius 2 is 2.04 bits per heavy atom. The van der Waals surface area contributed by atoms with E-state index in [1.54, 1.807) is 4.90 Å². The van der Waals surface area contributed by atoms with Crippen LogP contribution in [-0.2, 0) is 22.6 Å². The summed E-state index contributed by atoms with van der Waals surface area (Å²) >= 11 is 1.19. The van der Waals surface area contributed by atoms with Gasteiger partial charge in [0.2, 0.25) is 16.7 Å². The van der Waals surface area contributed by atoms with Crippen molar-refractivity contribution in [2.24, 2.45) is 5.92 Å². The maximum absolute atomic E-state index is 12.8. The number of amides is 2. The Hall–Kier alpha value is -2.95. The molecule has 2 aromatic heterocycles. The van der Waals surface area contributed by atoms with Crippen molar-refractivity contribution in [2.75, 3.05) is 13.1 Å². The van der Waals surface area contributed by atoms with Crippen LogP contribution in [-0.4, -0.2) is 55.4 Å². The van der Waals surface area contributed by atoms with E-state index >= 15 is 0 Å². The summed E-state index contributed by atoms with van der Waals surface area (Å²) in [5, 5.41) is 20.8. The number of carbonyl (C=O) groups excluding carboxylic acids is 2. The van der Waals surface area contributed by atoms with Gasteiger partial charge in [0.05, 0.1) is 6.54 Å². The van der Waals surface area contributed by atoms with E-state index in [2.05, 4.69) is 10.3 Å². The summed E-state index contributed by atoms with van der Waals surface area (Å²) in [5.74, 6) is -2.42. The van der Waals surface area contributed by atoms with Crippen molar-refractivity contribution in [1.82, 2.24) is 19.6 Å². The highest BCUT2D eigenvalue weighted by Crippen LogP contribution is 2.34. The van der Waals surface area contributed by atoms with Crippen LogP contribution in [0.4, 0.5) is 0 Å². The minimum absolute atomic E-state index is 0.0995. The van der Waals surface area contributed by atoms with E-state index in [1.807, 2.05) is 0 Å². The lowest BCUT2D eigenvalue weighted by Crippen LogP contribution is -2.37. The molecular weight excluding hydrogens is 388 g/mol. The number of hydrogen-bond acceptors (Lipinski definition) is 7. The number of carboxylic acids is 1. The maximum atomic E-state index is 12.8. The number of nitrogens with zero attached hydrogens (tertiary/aromatic N) is 3. The van der Waals surface area contributed by atoms with Gasteiger partial charge in [0, 0.05) is 30.0 Å². The van der Waals surface area contributed by atoms with E-state index in [9.17, 15) is 24.3 Å². The molecule has 0 bridgehead atoms. The van der Waals surface area contributed by atoms with Crippen LogP contribution in [0, 0.1) is 5.92 Å². The molecule has 1 aliphatic heterocycles. The van der Waals surface area contributed by atoms with Gasteiger partial charge < -0.3 is 20.4 Å². The van der Waals surface area contributed by atoms with Gasteiger partial charge in [-0.15, -0.1) is 0 Å². The molecule has 2 amide bonds. The minimum Gasteiger partial charge on any atom is -0.492 e. The molecule has 0 atom stereocenters. The number of aliphatic carboxylic acids is 1. The van der Waals surface area contributed by atoms with Crippen LogP contribution < -0.4 is 10.9 Å². The number of fused-ring (bicyclic) bond motifs is 3. The predicted octanol–water partition coefficient (Wildman–Crippen LogP) is -0.0392. The zero-order valence-electron chi connectivity index (χ0n) is 14.8. The number of carboxylic acid groups (broad SMARTS) is 1. The molecule has 1 aliphatic carbocycles. The average molecular weight is 406 g/mol. The van der Waals surface area contributed by atoms with Crippen molar-refractivity contribution in [2.45, 2.75) is 32.2 Å². The first-order valence-corrected chi connectivity index (χ1v) is 9.71. The summed E-state index contributed by atoms with van der Waals surface area (Å²) < 4.78 is 1.28. The molecule has 2 aromatic rings. The van der Waals surface area contributed by atoms with Gasteiger partial charge >= 0.3 is 5.97 Å². The molecule has 3 heterocycles. The van der Waals surface area contributed by atoms with Crippen LogP contribution in [0.2, 0.25) is 0 Å². The van der Waals surface area contributed by atoms with Gasteiger partial charge in [-0.3, -0.25) is 23.6 Å². The molecule has 11 heteroatoms. The summed E-state index contributed by atoms with van der Waals surface area (Å²) in [7, 11) is 0. The minimum atomic E-state index is -1.27. The third-order valence-corrected chi connectivity index (χ3v) is 6.00. The Morgan fingerprint density at radius 1 is 1.29 bits per heavy atom. The number of rotatable bonds is 5. The number of aromatic hydroxyl groups is 1. The van der Waals surface area contributed by atoms with Crippen LogP contribution in [0.15, 0.2) is 4.79 Å². The fourth-order valence-electron chi connectivity index (χ4n) is 3.31. The van der Waals surface area contributed by atoms with Crippen LogP contribution in [0.5, 0.6) is 5.88 Å². The lowest BCUT2D eigenvalue weighted by molar-refractivity contribution is -0.136. The van der Waals surface area contributed by atoms with Crippen LogP contribution in [0.25, 0.3) is 4.96 Å². The van der Waals surface area contributed by atoms with Crippen molar-refractivity contribution in [3.63, 3.8) is 0 Å². The lowest BCUT2D eigenvalue weighted by Gasteiger charge is -2.26. The molecule has 0 saturated heterocycles. The second-order valence-electron chi connectivity index (χ2n) is 6.99. The first kappa shape index (κ1) is 18.4. The standard InChI is InChI=1S/C17H18N4O6S/c22-11(5-8-1-2-8)20-4-3-9-10(7-20)28-17-19-15(26)13(16(27)21(9)17)14(25)18-6-12(23)24/h8,26H,1-7H2,(H,18,25)(H,23,24). The molecule has 0 spiro atoms. The summed E-state index contributed by atoms with van der Waals surface area (Å²) in [6, 6.07) is 0. The average Bonchev–Trinajstić information content (AvgIpc) is 3.37. The third kappa shape index (κ3) is 3.33. The molecule has 2 aliphatic rings. The molecule has 0 aromatic carbocycles. The Kier molecular flexibility index (Phi) is 4.53. The molecule has 1 fully saturated rings. The number of carbonyl (C=O) groups is 3. The summed E-state index contributed by atoms with van der Waals surface area (Å²) in [6.07, 6.45) is 3.18. The van der Waals surface area contributed by atoms with Crippen LogP contribution in [0.3, 0.4) is 0 Å². The highest BCUT2D eigenvalue weighted by Gasteiger charge is 2.31. The third-order valence-electron chi connectivity index (χ3n) is 4.93. The summed E-state index contributed by atoms with van der Waals surface area (Å²) in [6.45, 7) is 0.161. The highest BCUT2D eigenvalue weighted by molar-refractivity contribution is 7.17. The second-order valence-corrected chi connectivity index (χ2v) is 8.06. The van der Waals surface area contributed by atoms with E-state index < -0.39 is 35.4 Å². The number of nitrogens with one attached hydrogen (secondary N) is 1. The van der Waals surface area contributed by atoms with Gasteiger partial charge in [0.1, 0.15) is 6.54 Å². The van der Waals surface area contributed by atoms with E-state index in [0.717, 1.165) is 17.7 Å². The number of aromatic nitrogens is 2. The normalized spacial score (nSPS) is 16.1. The molecule has 10 nitrogen and oxygen atoms in total. The first-order chi connectivity index (χ1) is 13.3. The first-order valence-electron chi connectivity index (χ1n) is 8.89. The SMILES string of the molecule is O=C(O)CNC(=O)c1c(O)nc2sc3c(n2c1=O)CCN(C(=O)CC1CC1)C3. The maximum Gasteiger partial charge on any atom is 0.322 e. The van der Waals surface area contributed by atoms with Gasteiger partial charge in [-0.25, -0.2) is 0 Å². The fourth-order valence-corrected chi connectivity index (χ4v) is 4.48. The van der Waals surface area contributed by atoms with Gasteiger partial charge in [-0.05, 0) is 18.8 Å². The Labute approximate surface area is 162 Å². The van der Waals surface area contributed by atoms with E-state index in [0.29, 0.717) is 37.5 Å². The van der Waals surface area contributed by atoms with E-state index in [4.69, 9.17) is 5.11 Å². The van der Waals surface area contributed by atoms with Crippen molar-refractivity contribution in [3.05, 3.63) is 26.5 Å². The van der Waals surface area contributed by atoms with Gasteiger partial charge in [-0.1, -0.05) is 11.3 Å². The fraction of sp³-hybridized carbons (Fsp3) is 0.471. The molecule has 4 rings (SSSR count). The van der Waals surface area contributed by atoms with Crippen LogP contribution >= 0.6 is 11.3 Å². The second kappa shape index (κ2) is 6.89. The van der Waals surface area contributed by atoms with Crippen LogP contribution in [0.1, 0.15) is 40.2 Å². The quantitative estimate of drug-likeness (QED) is 0.633. The summed E-state index contributed by atoms with van der Waals surface area (Å²) in [5.41, 5.74) is -0.674. The number of hydrogen-bond donors (Lipinski definition) is 3. The van der Waals surface area contributed by atoms with E-state index in [1.165, 1.54) is 15.7 Å². The molecule has 1 saturated carbocycles. The Balaban J connectivity index is 1.66. The molecular formula is C17H18N4O6S. The highest BCUT2D eigenvalue weighted by atomic mass is 32.1. The zero-order valence-corrected chi connectivity index (χ0v) is 15.6. The molecule has 0 radical (unpaired) electrons. The van der Waals surface area contributed by atoms with E-state index in [-0.39, 0.29) is 10.9 Å². The lowest BCUT2D eigenvalue weighted by atomic mass is 10.1. The van der Waals surface area contributed by atoms with Gasteiger partial charge in [-0.2, -0.15) is 4.98 Å². The van der Waals surface area contributed by atoms with Crippen molar-refractivity contribution in [3.8, 4) is 5.88 Å². The molecule has 0 unspecified atom stereocenters. The topological polar surface area (TPSA) is 141 Å². The Morgan fingerprint density at radius 3 is 2.71 bits per heavy atom. The van der Waals surface area contributed by atoms with Crippen molar-refractivity contribution in [1.29, 1.82) is 0 Å². The zero-order chi connectivity index (χ0) is 20.0. The molecule has 3 N–H and O–H groups in total.